The van der Waals surface area contributed by atoms with Crippen LogP contribution in [0.5, 0.6) is 5.75 Å². The van der Waals surface area contributed by atoms with Gasteiger partial charge < -0.3 is 10.1 Å². The van der Waals surface area contributed by atoms with E-state index in [4.69, 9.17) is 16.3 Å². The zero-order valence-electron chi connectivity index (χ0n) is 13.3. The summed E-state index contributed by atoms with van der Waals surface area (Å²) in [6.45, 7) is 2.09. The Morgan fingerprint density at radius 3 is 2.92 bits per heavy atom. The number of anilines is 1. The maximum atomic E-state index is 12.1. The molecule has 6 heteroatoms. The van der Waals surface area contributed by atoms with Crippen molar-refractivity contribution in [3.63, 3.8) is 0 Å². The molecule has 0 aliphatic heterocycles. The summed E-state index contributed by atoms with van der Waals surface area (Å²) >= 11 is 7.32. The molecule has 1 aromatic carbocycles. The molecule has 3 rings (SSSR count). The summed E-state index contributed by atoms with van der Waals surface area (Å²) in [6, 6.07) is 9.08. The standard InChI is InChI=1S/C18H17ClN2O2S/c1-11-2-7-16-14(8-11)15(9-20)18(24-16)21-17(22)10-23-13-5-3-12(19)4-6-13/h3-6,11H,2,7-8,10H2,1H3,(H,21,22)/t11-/m0/s1. The average Bonchev–Trinajstić information content (AvgIpc) is 2.90. The number of amides is 1. The predicted octanol–water partition coefficient (Wildman–Crippen LogP) is 4.42. The molecule has 1 atom stereocenters. The van der Waals surface area contributed by atoms with E-state index in [-0.39, 0.29) is 12.5 Å². The normalized spacial score (nSPS) is 16.1. The summed E-state index contributed by atoms with van der Waals surface area (Å²) in [7, 11) is 0. The number of nitriles is 1. The van der Waals surface area contributed by atoms with E-state index in [1.165, 1.54) is 16.2 Å². The van der Waals surface area contributed by atoms with E-state index >= 15 is 0 Å². The van der Waals surface area contributed by atoms with Crippen LogP contribution in [-0.4, -0.2) is 12.5 Å². The molecule has 0 fully saturated rings. The number of aryl methyl sites for hydroxylation is 1. The molecule has 0 saturated heterocycles. The minimum Gasteiger partial charge on any atom is -0.484 e. The largest absolute Gasteiger partial charge is 0.484 e. The minimum absolute atomic E-state index is 0.106. The number of nitrogens with one attached hydrogen (secondary N) is 1. The molecule has 1 N–H and O–H groups in total. The monoisotopic (exact) mass is 360 g/mol. The second-order valence-corrected chi connectivity index (χ2v) is 7.50. The third kappa shape index (κ3) is 3.72. The van der Waals surface area contributed by atoms with Crippen LogP contribution < -0.4 is 10.1 Å². The van der Waals surface area contributed by atoms with Crippen LogP contribution in [0.1, 0.15) is 29.3 Å². The molecule has 0 saturated carbocycles. The van der Waals surface area contributed by atoms with E-state index in [0.717, 1.165) is 24.8 Å². The Hall–Kier alpha value is -2.03. The van der Waals surface area contributed by atoms with E-state index in [2.05, 4.69) is 18.3 Å². The summed E-state index contributed by atoms with van der Waals surface area (Å²) < 4.78 is 5.44. The van der Waals surface area contributed by atoms with Gasteiger partial charge in [-0.2, -0.15) is 5.26 Å². The maximum absolute atomic E-state index is 12.1. The van der Waals surface area contributed by atoms with Gasteiger partial charge in [0.15, 0.2) is 6.61 Å². The van der Waals surface area contributed by atoms with E-state index in [0.29, 0.717) is 27.3 Å². The molecule has 0 spiro atoms. The molecule has 24 heavy (non-hydrogen) atoms. The van der Waals surface area contributed by atoms with Crippen LogP contribution >= 0.6 is 22.9 Å². The Morgan fingerprint density at radius 2 is 2.21 bits per heavy atom. The van der Waals surface area contributed by atoms with Gasteiger partial charge in [0.25, 0.3) is 5.91 Å². The topological polar surface area (TPSA) is 62.1 Å². The maximum Gasteiger partial charge on any atom is 0.262 e. The fraction of sp³-hybridized carbons (Fsp3) is 0.333. The van der Waals surface area contributed by atoms with E-state index < -0.39 is 0 Å². The number of hydrogen-bond donors (Lipinski definition) is 1. The average molecular weight is 361 g/mol. The summed E-state index contributed by atoms with van der Waals surface area (Å²) in [5.41, 5.74) is 1.72. The van der Waals surface area contributed by atoms with Crippen molar-refractivity contribution < 1.29 is 9.53 Å². The number of carbonyl (C=O) groups excluding carboxylic acids is 1. The molecule has 1 aliphatic carbocycles. The van der Waals surface area contributed by atoms with Crippen molar-refractivity contribution in [2.75, 3.05) is 11.9 Å². The summed E-state index contributed by atoms with van der Waals surface area (Å²) in [4.78, 5) is 13.4. The Morgan fingerprint density at radius 1 is 1.46 bits per heavy atom. The smallest absolute Gasteiger partial charge is 0.262 e. The van der Waals surface area contributed by atoms with Crippen molar-refractivity contribution in [2.24, 2.45) is 5.92 Å². The predicted molar refractivity (Wildman–Crippen MR) is 95.8 cm³/mol. The first kappa shape index (κ1) is 16.8. The lowest BCUT2D eigenvalue weighted by Crippen LogP contribution is -2.20. The van der Waals surface area contributed by atoms with Crippen molar-refractivity contribution >= 4 is 33.8 Å². The van der Waals surface area contributed by atoms with Gasteiger partial charge >= 0.3 is 0 Å². The Labute approximate surface area is 150 Å². The Bertz CT molecular complexity index is 793. The summed E-state index contributed by atoms with van der Waals surface area (Å²) in [5, 5.41) is 13.5. The molecule has 1 aromatic heterocycles. The van der Waals surface area contributed by atoms with Crippen LogP contribution in [-0.2, 0) is 17.6 Å². The highest BCUT2D eigenvalue weighted by Crippen LogP contribution is 2.39. The molecule has 0 unspecified atom stereocenters. The SMILES string of the molecule is C[C@H]1CCc2sc(NC(=O)COc3ccc(Cl)cc3)c(C#N)c2C1. The third-order valence-corrected chi connectivity index (χ3v) is 5.52. The lowest BCUT2D eigenvalue weighted by molar-refractivity contribution is -0.118. The number of rotatable bonds is 4. The van der Waals surface area contributed by atoms with Crippen molar-refractivity contribution in [3.05, 3.63) is 45.3 Å². The highest BCUT2D eigenvalue weighted by molar-refractivity contribution is 7.16. The number of fused-ring (bicyclic) bond motifs is 1. The van der Waals surface area contributed by atoms with Gasteiger partial charge in [0.2, 0.25) is 0 Å². The minimum atomic E-state index is -0.270. The molecule has 4 nitrogen and oxygen atoms in total. The first-order valence-corrected chi connectivity index (χ1v) is 8.99. The van der Waals surface area contributed by atoms with Crippen LogP contribution in [0.25, 0.3) is 0 Å². The fourth-order valence-corrected chi connectivity index (χ4v) is 4.14. The molecule has 1 amide bonds. The molecule has 0 radical (unpaired) electrons. The van der Waals surface area contributed by atoms with Crippen LogP contribution in [0.4, 0.5) is 5.00 Å². The zero-order valence-corrected chi connectivity index (χ0v) is 14.8. The number of hydrogen-bond acceptors (Lipinski definition) is 4. The highest BCUT2D eigenvalue weighted by Gasteiger charge is 2.24. The van der Waals surface area contributed by atoms with Gasteiger partial charge in [0.05, 0.1) is 5.56 Å². The van der Waals surface area contributed by atoms with Gasteiger partial charge in [0, 0.05) is 9.90 Å². The Kier molecular flexibility index (Phi) is 5.08. The van der Waals surface area contributed by atoms with Gasteiger partial charge in [-0.15, -0.1) is 11.3 Å². The quantitative estimate of drug-likeness (QED) is 0.878. The third-order valence-electron chi connectivity index (χ3n) is 4.06. The molecule has 1 heterocycles. The van der Waals surface area contributed by atoms with E-state index in [9.17, 15) is 10.1 Å². The lowest BCUT2D eigenvalue weighted by Gasteiger charge is -2.17. The fourth-order valence-electron chi connectivity index (χ4n) is 2.81. The van der Waals surface area contributed by atoms with Crippen LogP contribution in [0.15, 0.2) is 24.3 Å². The second-order valence-electron chi connectivity index (χ2n) is 5.96. The first-order valence-electron chi connectivity index (χ1n) is 7.79. The number of benzene rings is 1. The molecular weight excluding hydrogens is 344 g/mol. The summed E-state index contributed by atoms with van der Waals surface area (Å²) in [6.07, 6.45) is 3.02. The number of halogens is 1. The molecule has 1 aliphatic rings. The van der Waals surface area contributed by atoms with E-state index in [1.54, 1.807) is 24.3 Å². The van der Waals surface area contributed by atoms with Gasteiger partial charge in [-0.1, -0.05) is 18.5 Å². The summed E-state index contributed by atoms with van der Waals surface area (Å²) in [5.74, 6) is 0.887. The first-order chi connectivity index (χ1) is 11.6. The molecule has 0 bridgehead atoms. The Balaban J connectivity index is 1.66. The van der Waals surface area contributed by atoms with Crippen molar-refractivity contribution in [1.82, 2.24) is 0 Å². The van der Waals surface area contributed by atoms with Gasteiger partial charge in [0.1, 0.15) is 16.8 Å². The zero-order chi connectivity index (χ0) is 17.1. The van der Waals surface area contributed by atoms with Crippen LogP contribution in [0, 0.1) is 17.2 Å². The lowest BCUT2D eigenvalue weighted by atomic mass is 9.88. The highest BCUT2D eigenvalue weighted by atomic mass is 35.5. The number of thiophene rings is 1. The van der Waals surface area contributed by atoms with Crippen molar-refractivity contribution in [1.29, 1.82) is 5.26 Å². The van der Waals surface area contributed by atoms with Crippen LogP contribution in [0.2, 0.25) is 5.02 Å². The van der Waals surface area contributed by atoms with E-state index in [1.807, 2.05) is 0 Å². The van der Waals surface area contributed by atoms with Gasteiger partial charge in [-0.05, 0) is 55.0 Å². The van der Waals surface area contributed by atoms with Gasteiger partial charge in [-0.25, -0.2) is 0 Å². The molecular formula is C18H17ClN2O2S. The van der Waals surface area contributed by atoms with Gasteiger partial charge in [-0.3, -0.25) is 4.79 Å². The molecule has 124 valence electrons. The number of nitrogens with zero attached hydrogens (tertiary/aromatic N) is 1. The van der Waals surface area contributed by atoms with Crippen LogP contribution in [0.3, 0.4) is 0 Å². The molecule has 2 aromatic rings. The second kappa shape index (κ2) is 7.25. The van der Waals surface area contributed by atoms with Crippen molar-refractivity contribution in [3.8, 4) is 11.8 Å². The number of carbonyl (C=O) groups is 1. The van der Waals surface area contributed by atoms with Crippen molar-refractivity contribution in [2.45, 2.75) is 26.2 Å². The number of ether oxygens (including phenoxy) is 1.